The topological polar surface area (TPSA) is 34.1 Å². The first-order valence-corrected chi connectivity index (χ1v) is 6.95. The summed E-state index contributed by atoms with van der Waals surface area (Å²) in [4.78, 5) is 6.09. The fraction of sp³-hybridized carbons (Fsp3) is 0.769. The molecule has 1 N–H and O–H groups in total. The number of rotatable bonds is 5. The lowest BCUT2D eigenvalue weighted by Crippen LogP contribution is -2.18. The lowest BCUT2D eigenvalue weighted by molar-refractivity contribution is 0.119. The molecule has 1 rings (SSSR count). The Balaban J connectivity index is 3.03. The predicted octanol–water partition coefficient (Wildman–Crippen LogP) is 3.26. The van der Waals surface area contributed by atoms with Crippen molar-refractivity contribution in [2.24, 2.45) is 0 Å². The summed E-state index contributed by atoms with van der Waals surface area (Å²) in [5.74, 6) is 0. The summed E-state index contributed by atoms with van der Waals surface area (Å²) < 4.78 is 5.35. The Kier molecular flexibility index (Phi) is 5.10. The third-order valence-corrected chi connectivity index (χ3v) is 3.88. The van der Waals surface area contributed by atoms with Crippen LogP contribution < -0.4 is 5.32 Å². The van der Waals surface area contributed by atoms with E-state index in [2.05, 4.69) is 33.0 Å². The molecular weight excluding hydrogens is 232 g/mol. The highest BCUT2D eigenvalue weighted by Gasteiger charge is 2.24. The van der Waals surface area contributed by atoms with Gasteiger partial charge in [0.25, 0.3) is 0 Å². The highest BCUT2D eigenvalue weighted by atomic mass is 32.1. The van der Waals surface area contributed by atoms with Crippen molar-refractivity contribution in [3.63, 3.8) is 0 Å². The highest BCUT2D eigenvalue weighted by Crippen LogP contribution is 2.32. The molecule has 0 saturated carbocycles. The summed E-state index contributed by atoms with van der Waals surface area (Å²) in [6.45, 7) is 12.7. The number of hydrogen-bond donors (Lipinski definition) is 1. The van der Waals surface area contributed by atoms with Crippen LogP contribution in [0.25, 0.3) is 0 Å². The van der Waals surface area contributed by atoms with Gasteiger partial charge in [-0.3, -0.25) is 0 Å². The molecule has 0 bridgehead atoms. The average molecular weight is 256 g/mol. The van der Waals surface area contributed by atoms with Gasteiger partial charge in [-0.2, -0.15) is 0 Å². The molecule has 0 aliphatic heterocycles. The summed E-state index contributed by atoms with van der Waals surface area (Å²) in [6.07, 6.45) is 0.0801. The second-order valence-corrected chi connectivity index (χ2v) is 6.35. The zero-order chi connectivity index (χ0) is 13.1. The number of nitrogens with one attached hydrogen (secondary N) is 1. The first kappa shape index (κ1) is 14.6. The molecule has 0 amide bonds. The van der Waals surface area contributed by atoms with E-state index >= 15 is 0 Å². The van der Waals surface area contributed by atoms with Crippen LogP contribution >= 0.6 is 11.3 Å². The van der Waals surface area contributed by atoms with Gasteiger partial charge in [0, 0.05) is 23.9 Å². The molecule has 0 fully saturated rings. The van der Waals surface area contributed by atoms with Crippen molar-refractivity contribution >= 4 is 11.3 Å². The van der Waals surface area contributed by atoms with E-state index in [1.54, 1.807) is 18.4 Å². The normalized spacial score (nSPS) is 14.0. The maximum Gasteiger partial charge on any atom is 0.122 e. The quantitative estimate of drug-likeness (QED) is 0.878. The van der Waals surface area contributed by atoms with E-state index in [0.717, 1.165) is 18.1 Å². The fourth-order valence-electron chi connectivity index (χ4n) is 1.59. The van der Waals surface area contributed by atoms with E-state index in [1.165, 1.54) is 10.6 Å². The van der Waals surface area contributed by atoms with E-state index in [1.807, 2.05) is 6.92 Å². The number of aromatic nitrogens is 1. The van der Waals surface area contributed by atoms with Crippen LogP contribution in [0, 0.1) is 0 Å². The summed E-state index contributed by atoms with van der Waals surface area (Å²) >= 11 is 1.76. The fourth-order valence-corrected chi connectivity index (χ4v) is 2.86. The van der Waals surface area contributed by atoms with Crippen LogP contribution in [0.15, 0.2) is 0 Å². The Morgan fingerprint density at radius 2 is 2.06 bits per heavy atom. The summed E-state index contributed by atoms with van der Waals surface area (Å²) in [5, 5.41) is 4.45. The van der Waals surface area contributed by atoms with Crippen LogP contribution in [0.1, 0.15) is 56.3 Å². The second kappa shape index (κ2) is 5.94. The number of thiazole rings is 1. The van der Waals surface area contributed by atoms with E-state index in [0.29, 0.717) is 0 Å². The Bertz CT molecular complexity index is 355. The SMILES string of the molecule is CCNCc1sc(C(C)OC)nc1C(C)(C)C. The van der Waals surface area contributed by atoms with Crippen molar-refractivity contribution in [2.45, 2.75) is 52.7 Å². The third-order valence-electron chi connectivity index (χ3n) is 2.66. The molecule has 1 heterocycles. The van der Waals surface area contributed by atoms with Crippen LogP contribution in [-0.2, 0) is 16.7 Å². The van der Waals surface area contributed by atoms with Crippen LogP contribution in [0.5, 0.6) is 0 Å². The third kappa shape index (κ3) is 3.76. The molecule has 0 radical (unpaired) electrons. The molecule has 1 aromatic rings. The average Bonchev–Trinajstić information content (AvgIpc) is 2.69. The molecule has 0 aliphatic carbocycles. The zero-order valence-electron chi connectivity index (χ0n) is 11.8. The van der Waals surface area contributed by atoms with E-state index in [4.69, 9.17) is 9.72 Å². The Labute approximate surface area is 109 Å². The van der Waals surface area contributed by atoms with Gasteiger partial charge in [-0.05, 0) is 13.5 Å². The maximum absolute atomic E-state index is 5.35. The molecule has 4 heteroatoms. The molecule has 17 heavy (non-hydrogen) atoms. The molecule has 3 nitrogen and oxygen atoms in total. The minimum atomic E-state index is 0.0801. The summed E-state index contributed by atoms with van der Waals surface area (Å²) in [7, 11) is 1.73. The smallest absolute Gasteiger partial charge is 0.122 e. The molecule has 0 spiro atoms. The van der Waals surface area contributed by atoms with E-state index in [-0.39, 0.29) is 11.5 Å². The van der Waals surface area contributed by atoms with Crippen molar-refractivity contribution in [2.75, 3.05) is 13.7 Å². The standard InChI is InChI=1S/C13H24N2OS/c1-7-14-8-10-11(13(3,4)5)15-12(17-10)9(2)16-6/h9,14H,7-8H2,1-6H3. The number of methoxy groups -OCH3 is 1. The molecule has 0 aromatic carbocycles. The summed E-state index contributed by atoms with van der Waals surface area (Å²) in [5.41, 5.74) is 1.29. The summed E-state index contributed by atoms with van der Waals surface area (Å²) in [6, 6.07) is 0. The van der Waals surface area contributed by atoms with Gasteiger partial charge in [0.2, 0.25) is 0 Å². The van der Waals surface area contributed by atoms with Crippen LogP contribution in [0.3, 0.4) is 0 Å². The first-order chi connectivity index (χ1) is 7.90. The van der Waals surface area contributed by atoms with Crippen LogP contribution in [0.4, 0.5) is 0 Å². The minimum absolute atomic E-state index is 0.0801. The van der Waals surface area contributed by atoms with E-state index in [9.17, 15) is 0 Å². The van der Waals surface area contributed by atoms with Crippen molar-refractivity contribution in [3.05, 3.63) is 15.6 Å². The van der Waals surface area contributed by atoms with Gasteiger partial charge in [-0.15, -0.1) is 11.3 Å². The number of ether oxygens (including phenoxy) is 1. The van der Waals surface area contributed by atoms with Gasteiger partial charge in [-0.25, -0.2) is 4.98 Å². The second-order valence-electron chi connectivity index (χ2n) is 5.23. The molecule has 1 atom stereocenters. The molecule has 1 unspecified atom stereocenters. The van der Waals surface area contributed by atoms with Gasteiger partial charge >= 0.3 is 0 Å². The molecule has 0 saturated heterocycles. The van der Waals surface area contributed by atoms with Crippen LogP contribution in [-0.4, -0.2) is 18.6 Å². The largest absolute Gasteiger partial charge is 0.375 e. The Hall–Kier alpha value is -0.450. The monoisotopic (exact) mass is 256 g/mol. The Morgan fingerprint density at radius 1 is 1.41 bits per heavy atom. The highest BCUT2D eigenvalue weighted by molar-refractivity contribution is 7.11. The lowest BCUT2D eigenvalue weighted by Gasteiger charge is -2.17. The van der Waals surface area contributed by atoms with Gasteiger partial charge in [0.1, 0.15) is 11.1 Å². The van der Waals surface area contributed by atoms with Crippen molar-refractivity contribution in [3.8, 4) is 0 Å². The maximum atomic E-state index is 5.35. The van der Waals surface area contributed by atoms with Gasteiger partial charge in [0.05, 0.1) is 5.69 Å². The van der Waals surface area contributed by atoms with Crippen LogP contribution in [0.2, 0.25) is 0 Å². The van der Waals surface area contributed by atoms with Crippen molar-refractivity contribution in [1.29, 1.82) is 0 Å². The zero-order valence-corrected chi connectivity index (χ0v) is 12.6. The molecular formula is C13H24N2OS. The van der Waals surface area contributed by atoms with E-state index < -0.39 is 0 Å². The van der Waals surface area contributed by atoms with Gasteiger partial charge in [0.15, 0.2) is 0 Å². The molecule has 0 aliphatic rings. The van der Waals surface area contributed by atoms with Crippen molar-refractivity contribution in [1.82, 2.24) is 10.3 Å². The first-order valence-electron chi connectivity index (χ1n) is 6.13. The van der Waals surface area contributed by atoms with Crippen molar-refractivity contribution < 1.29 is 4.74 Å². The van der Waals surface area contributed by atoms with Gasteiger partial charge in [-0.1, -0.05) is 27.7 Å². The predicted molar refractivity (Wildman–Crippen MR) is 73.6 cm³/mol. The minimum Gasteiger partial charge on any atom is -0.375 e. The number of nitrogens with zero attached hydrogens (tertiary/aromatic N) is 1. The molecule has 98 valence electrons. The Morgan fingerprint density at radius 3 is 2.53 bits per heavy atom. The molecule has 1 aromatic heterocycles. The van der Waals surface area contributed by atoms with Gasteiger partial charge < -0.3 is 10.1 Å². The number of hydrogen-bond acceptors (Lipinski definition) is 4. The lowest BCUT2D eigenvalue weighted by atomic mass is 9.91.